The third-order valence-corrected chi connectivity index (χ3v) is 4.55. The van der Waals surface area contributed by atoms with E-state index in [0.717, 1.165) is 49.3 Å². The van der Waals surface area contributed by atoms with Gasteiger partial charge >= 0.3 is 0 Å². The van der Waals surface area contributed by atoms with Gasteiger partial charge in [-0.3, -0.25) is 0 Å². The number of para-hydroxylation sites is 1. The van der Waals surface area contributed by atoms with Crippen LogP contribution in [-0.2, 0) is 11.3 Å². The Morgan fingerprint density at radius 1 is 1.27 bits per heavy atom. The van der Waals surface area contributed by atoms with Crippen LogP contribution < -0.4 is 20.3 Å². The number of guanidine groups is 1. The Morgan fingerprint density at radius 3 is 2.87 bits per heavy atom. The molecule has 1 unspecified atom stereocenters. The number of rotatable bonds is 8. The number of morpholine rings is 1. The summed E-state index contributed by atoms with van der Waals surface area (Å²) < 4.78 is 11.3. The fourth-order valence-electron chi connectivity index (χ4n) is 3.13. The van der Waals surface area contributed by atoms with Gasteiger partial charge < -0.3 is 25.0 Å². The Balaban J connectivity index is 0.00000320. The summed E-state index contributed by atoms with van der Waals surface area (Å²) in [5, 5.41) is 6.59. The third kappa shape index (κ3) is 7.98. The van der Waals surface area contributed by atoms with E-state index in [-0.39, 0.29) is 30.1 Å². The summed E-state index contributed by atoms with van der Waals surface area (Å²) in [7, 11) is 0. The predicted octanol–water partition coefficient (Wildman–Crippen LogP) is 3.06. The molecule has 0 bridgehead atoms. The summed E-state index contributed by atoms with van der Waals surface area (Å²) in [4.78, 5) is 11.5. The van der Waals surface area contributed by atoms with Crippen LogP contribution in [0.5, 0.6) is 5.75 Å². The van der Waals surface area contributed by atoms with Crippen LogP contribution in [0.15, 0.2) is 53.7 Å². The standard InChI is InChI=1S/C22H31N5O2.HI/c1-3-23-22(25-11-13-29-20-7-5-4-6-8-20)26-16-19-9-10-24-21(15-19)27-12-14-28-18(2)17-27;/h4-10,15,18H,3,11-14,16-17H2,1-2H3,(H2,23,25,26);1H. The lowest BCUT2D eigenvalue weighted by Gasteiger charge is -2.32. The Hall–Kier alpha value is -2.07. The van der Waals surface area contributed by atoms with E-state index in [0.29, 0.717) is 19.7 Å². The van der Waals surface area contributed by atoms with Gasteiger partial charge in [0.2, 0.25) is 0 Å². The van der Waals surface area contributed by atoms with Crippen molar-refractivity contribution in [2.45, 2.75) is 26.5 Å². The number of anilines is 1. The highest BCUT2D eigenvalue weighted by molar-refractivity contribution is 14.0. The monoisotopic (exact) mass is 525 g/mol. The van der Waals surface area contributed by atoms with Crippen LogP contribution in [0.25, 0.3) is 0 Å². The molecular formula is C22H32IN5O2. The van der Waals surface area contributed by atoms with Crippen molar-refractivity contribution in [3.05, 3.63) is 54.2 Å². The lowest BCUT2D eigenvalue weighted by atomic mass is 10.2. The molecule has 2 N–H and O–H groups in total. The number of nitrogens with zero attached hydrogens (tertiary/aromatic N) is 3. The molecule has 1 aromatic carbocycles. The largest absolute Gasteiger partial charge is 0.492 e. The molecule has 8 heteroatoms. The number of ether oxygens (including phenoxy) is 2. The average molecular weight is 525 g/mol. The van der Waals surface area contributed by atoms with Crippen LogP contribution >= 0.6 is 24.0 Å². The van der Waals surface area contributed by atoms with Crippen molar-refractivity contribution in [2.24, 2.45) is 4.99 Å². The maximum Gasteiger partial charge on any atom is 0.191 e. The van der Waals surface area contributed by atoms with E-state index in [4.69, 9.17) is 14.5 Å². The van der Waals surface area contributed by atoms with Gasteiger partial charge in [-0.1, -0.05) is 18.2 Å². The van der Waals surface area contributed by atoms with E-state index in [1.165, 1.54) is 0 Å². The third-order valence-electron chi connectivity index (χ3n) is 4.55. The molecular weight excluding hydrogens is 493 g/mol. The minimum Gasteiger partial charge on any atom is -0.492 e. The highest BCUT2D eigenvalue weighted by Gasteiger charge is 2.17. The molecule has 1 fully saturated rings. The molecule has 3 rings (SSSR count). The van der Waals surface area contributed by atoms with Gasteiger partial charge in [0.1, 0.15) is 18.2 Å². The van der Waals surface area contributed by atoms with Crippen LogP contribution in [0, 0.1) is 0 Å². The van der Waals surface area contributed by atoms with Gasteiger partial charge in [0, 0.05) is 25.8 Å². The van der Waals surface area contributed by atoms with Crippen molar-refractivity contribution < 1.29 is 9.47 Å². The van der Waals surface area contributed by atoms with E-state index in [9.17, 15) is 0 Å². The summed E-state index contributed by atoms with van der Waals surface area (Å²) >= 11 is 0. The van der Waals surface area contributed by atoms with Gasteiger partial charge in [-0.15, -0.1) is 24.0 Å². The quantitative estimate of drug-likeness (QED) is 0.239. The van der Waals surface area contributed by atoms with Gasteiger partial charge in [-0.05, 0) is 43.7 Å². The maximum absolute atomic E-state index is 5.72. The first-order valence-corrected chi connectivity index (χ1v) is 10.3. The fourth-order valence-corrected chi connectivity index (χ4v) is 3.13. The number of hydrogen-bond acceptors (Lipinski definition) is 5. The summed E-state index contributed by atoms with van der Waals surface area (Å²) in [6, 6.07) is 13.9. The minimum absolute atomic E-state index is 0. The summed E-state index contributed by atoms with van der Waals surface area (Å²) in [5.41, 5.74) is 1.13. The van der Waals surface area contributed by atoms with Crippen LogP contribution in [-0.4, -0.2) is 56.4 Å². The van der Waals surface area contributed by atoms with E-state index in [1.54, 1.807) is 0 Å². The molecule has 30 heavy (non-hydrogen) atoms. The topological polar surface area (TPSA) is 71.0 Å². The second-order valence-electron chi connectivity index (χ2n) is 6.93. The molecule has 2 heterocycles. The number of aromatic nitrogens is 1. The molecule has 7 nitrogen and oxygen atoms in total. The second kappa shape index (κ2) is 13.3. The number of aliphatic imine (C=N–C) groups is 1. The van der Waals surface area contributed by atoms with Gasteiger partial charge in [-0.25, -0.2) is 9.98 Å². The molecule has 0 amide bonds. The first-order valence-electron chi connectivity index (χ1n) is 10.3. The Labute approximate surface area is 196 Å². The van der Waals surface area contributed by atoms with Crippen molar-refractivity contribution in [1.82, 2.24) is 15.6 Å². The summed E-state index contributed by atoms with van der Waals surface area (Å²) in [5.74, 6) is 2.64. The normalized spacial score (nSPS) is 16.5. The molecule has 1 aliphatic heterocycles. The van der Waals surface area contributed by atoms with Crippen LogP contribution in [0.3, 0.4) is 0 Å². The highest BCUT2D eigenvalue weighted by atomic mass is 127. The molecule has 1 aromatic heterocycles. The summed E-state index contributed by atoms with van der Waals surface area (Å²) in [6.07, 6.45) is 2.09. The zero-order chi connectivity index (χ0) is 20.3. The Kier molecular flexibility index (Phi) is 10.7. The zero-order valence-corrected chi connectivity index (χ0v) is 20.0. The number of pyridine rings is 1. The van der Waals surface area contributed by atoms with E-state index >= 15 is 0 Å². The molecule has 1 atom stereocenters. The molecule has 0 spiro atoms. The highest BCUT2D eigenvalue weighted by Crippen LogP contribution is 2.17. The molecule has 1 aliphatic rings. The fraction of sp³-hybridized carbons (Fsp3) is 0.455. The number of benzene rings is 1. The molecule has 0 saturated carbocycles. The van der Waals surface area contributed by atoms with Crippen molar-refractivity contribution >= 4 is 35.8 Å². The van der Waals surface area contributed by atoms with Gasteiger partial charge in [0.15, 0.2) is 5.96 Å². The van der Waals surface area contributed by atoms with Crippen LogP contribution in [0.2, 0.25) is 0 Å². The van der Waals surface area contributed by atoms with Gasteiger partial charge in [0.25, 0.3) is 0 Å². The van der Waals surface area contributed by atoms with E-state index in [2.05, 4.69) is 40.4 Å². The van der Waals surface area contributed by atoms with Crippen molar-refractivity contribution in [3.63, 3.8) is 0 Å². The number of hydrogen-bond donors (Lipinski definition) is 2. The first kappa shape index (κ1) is 24.2. The van der Waals surface area contributed by atoms with E-state index in [1.807, 2.05) is 42.6 Å². The Bertz CT molecular complexity index is 775. The average Bonchev–Trinajstić information content (AvgIpc) is 2.76. The first-order chi connectivity index (χ1) is 14.2. The molecule has 0 aliphatic carbocycles. The van der Waals surface area contributed by atoms with Crippen LogP contribution in [0.1, 0.15) is 19.4 Å². The Morgan fingerprint density at radius 2 is 2.10 bits per heavy atom. The van der Waals surface area contributed by atoms with Crippen molar-refractivity contribution in [3.8, 4) is 5.75 Å². The molecule has 0 radical (unpaired) electrons. The van der Waals surface area contributed by atoms with Gasteiger partial charge in [-0.2, -0.15) is 0 Å². The molecule has 2 aromatic rings. The predicted molar refractivity (Wildman–Crippen MR) is 132 cm³/mol. The SMILES string of the molecule is CCNC(=NCc1ccnc(N2CCOC(C)C2)c1)NCCOc1ccccc1.I. The van der Waals surface area contributed by atoms with E-state index < -0.39 is 0 Å². The smallest absolute Gasteiger partial charge is 0.191 e. The number of halogens is 1. The number of nitrogens with one attached hydrogen (secondary N) is 2. The lowest BCUT2D eigenvalue weighted by Crippen LogP contribution is -2.41. The van der Waals surface area contributed by atoms with Gasteiger partial charge in [0.05, 0.1) is 25.8 Å². The maximum atomic E-state index is 5.72. The van der Waals surface area contributed by atoms with Crippen molar-refractivity contribution in [2.75, 3.05) is 44.3 Å². The minimum atomic E-state index is 0. The molecule has 1 saturated heterocycles. The second-order valence-corrected chi connectivity index (χ2v) is 6.93. The lowest BCUT2D eigenvalue weighted by molar-refractivity contribution is 0.0529. The van der Waals surface area contributed by atoms with Crippen molar-refractivity contribution in [1.29, 1.82) is 0 Å². The zero-order valence-electron chi connectivity index (χ0n) is 17.7. The summed E-state index contributed by atoms with van der Waals surface area (Å²) in [6.45, 7) is 9.27. The van der Waals surface area contributed by atoms with Crippen LogP contribution in [0.4, 0.5) is 5.82 Å². The molecule has 164 valence electrons.